The molecule has 2 N–H and O–H groups in total. The summed E-state index contributed by atoms with van der Waals surface area (Å²) in [6, 6.07) is 0.159. The molecule has 2 aliphatic rings. The molecule has 2 aromatic rings. The SMILES string of the molecule is CC1CCc2c(sc3nc(C(C)N4CCNCC4)[nH]c(=O)c23)C1.Cl.Cl. The number of aromatic amines is 1. The van der Waals surface area contributed by atoms with Gasteiger partial charge in [0.25, 0.3) is 5.56 Å². The highest BCUT2D eigenvalue weighted by Crippen LogP contribution is 2.36. The highest BCUT2D eigenvalue weighted by atomic mass is 35.5. The molecule has 140 valence electrons. The first-order valence-electron chi connectivity index (χ1n) is 8.62. The second-order valence-electron chi connectivity index (χ2n) is 6.95. The summed E-state index contributed by atoms with van der Waals surface area (Å²) in [5, 5.41) is 4.22. The van der Waals surface area contributed by atoms with E-state index in [0.29, 0.717) is 5.92 Å². The number of hydrogen-bond acceptors (Lipinski definition) is 5. The van der Waals surface area contributed by atoms with E-state index in [-0.39, 0.29) is 36.4 Å². The molecule has 0 saturated carbocycles. The maximum Gasteiger partial charge on any atom is 0.259 e. The Kier molecular flexibility index (Phi) is 6.90. The van der Waals surface area contributed by atoms with Gasteiger partial charge in [-0.1, -0.05) is 6.92 Å². The van der Waals surface area contributed by atoms with E-state index in [1.807, 2.05) is 0 Å². The van der Waals surface area contributed by atoms with Crippen LogP contribution in [0.3, 0.4) is 0 Å². The molecule has 1 aliphatic carbocycles. The van der Waals surface area contributed by atoms with Crippen LogP contribution in [0, 0.1) is 5.92 Å². The van der Waals surface area contributed by atoms with Crippen molar-refractivity contribution >= 4 is 46.4 Å². The van der Waals surface area contributed by atoms with Crippen LogP contribution in [0.15, 0.2) is 4.79 Å². The Balaban J connectivity index is 0.00000113. The zero-order valence-corrected chi connectivity index (χ0v) is 17.1. The smallest absolute Gasteiger partial charge is 0.259 e. The van der Waals surface area contributed by atoms with Crippen molar-refractivity contribution in [3.8, 4) is 0 Å². The molecule has 5 nitrogen and oxygen atoms in total. The molecule has 1 saturated heterocycles. The lowest BCUT2D eigenvalue weighted by atomic mass is 9.89. The molecule has 2 aromatic heterocycles. The van der Waals surface area contributed by atoms with E-state index in [9.17, 15) is 4.79 Å². The number of hydrogen-bond donors (Lipinski definition) is 2. The van der Waals surface area contributed by atoms with Gasteiger partial charge in [-0.15, -0.1) is 36.2 Å². The number of rotatable bonds is 2. The van der Waals surface area contributed by atoms with Crippen molar-refractivity contribution in [1.82, 2.24) is 20.2 Å². The van der Waals surface area contributed by atoms with Crippen molar-refractivity contribution in [2.45, 2.75) is 39.2 Å². The third-order valence-corrected chi connectivity index (χ3v) is 6.43. The lowest BCUT2D eigenvalue weighted by Gasteiger charge is -2.32. The van der Waals surface area contributed by atoms with Gasteiger partial charge in [0.2, 0.25) is 0 Å². The van der Waals surface area contributed by atoms with E-state index in [1.165, 1.54) is 16.9 Å². The van der Waals surface area contributed by atoms with Gasteiger partial charge >= 0.3 is 0 Å². The zero-order chi connectivity index (χ0) is 16.0. The molecule has 2 atom stereocenters. The first-order valence-corrected chi connectivity index (χ1v) is 9.44. The van der Waals surface area contributed by atoms with Gasteiger partial charge < -0.3 is 10.3 Å². The van der Waals surface area contributed by atoms with Crippen LogP contribution in [0.2, 0.25) is 0 Å². The summed E-state index contributed by atoms with van der Waals surface area (Å²) < 4.78 is 0. The number of halogens is 2. The second kappa shape index (κ2) is 8.35. The quantitative estimate of drug-likeness (QED) is 0.807. The van der Waals surface area contributed by atoms with Gasteiger partial charge in [-0.3, -0.25) is 9.69 Å². The van der Waals surface area contributed by atoms with Gasteiger partial charge in [0.1, 0.15) is 10.7 Å². The van der Waals surface area contributed by atoms with Crippen molar-refractivity contribution in [3.63, 3.8) is 0 Å². The van der Waals surface area contributed by atoms with Crippen LogP contribution in [0.1, 0.15) is 42.6 Å². The Hall–Kier alpha value is -0.660. The molecule has 8 heteroatoms. The summed E-state index contributed by atoms with van der Waals surface area (Å²) in [5.41, 5.74) is 1.32. The molecule has 0 amide bonds. The molecule has 0 radical (unpaired) electrons. The van der Waals surface area contributed by atoms with E-state index < -0.39 is 0 Å². The lowest BCUT2D eigenvalue weighted by Crippen LogP contribution is -2.45. The van der Waals surface area contributed by atoms with Crippen LogP contribution in [-0.2, 0) is 12.8 Å². The molecule has 0 aromatic carbocycles. The standard InChI is InChI=1S/C17H24N4OS.2ClH/c1-10-3-4-12-13(9-10)23-17-14(12)16(22)19-15(20-17)11(2)21-7-5-18-6-8-21;;/h10-11,18H,3-9H2,1-2H3,(H,19,20,22);2*1H. The molecule has 4 rings (SSSR count). The Morgan fingerprint density at radius 1 is 1.28 bits per heavy atom. The number of H-pyrrole nitrogens is 1. The summed E-state index contributed by atoms with van der Waals surface area (Å²) in [6.07, 6.45) is 3.30. The third kappa shape index (κ3) is 3.88. The Morgan fingerprint density at radius 2 is 2.00 bits per heavy atom. The predicted molar refractivity (Wildman–Crippen MR) is 109 cm³/mol. The van der Waals surface area contributed by atoms with Gasteiger partial charge in [0.05, 0.1) is 11.4 Å². The summed E-state index contributed by atoms with van der Waals surface area (Å²) in [6.45, 7) is 8.45. The van der Waals surface area contributed by atoms with E-state index in [1.54, 1.807) is 11.3 Å². The molecule has 1 aliphatic heterocycles. The number of nitrogens with one attached hydrogen (secondary N) is 2. The van der Waals surface area contributed by atoms with Gasteiger partial charge in [-0.25, -0.2) is 4.98 Å². The second-order valence-corrected chi connectivity index (χ2v) is 8.03. The lowest BCUT2D eigenvalue weighted by molar-refractivity contribution is 0.179. The Morgan fingerprint density at radius 3 is 2.72 bits per heavy atom. The van der Waals surface area contributed by atoms with Crippen molar-refractivity contribution < 1.29 is 0 Å². The first kappa shape index (κ1) is 20.6. The maximum atomic E-state index is 12.7. The van der Waals surface area contributed by atoms with Crippen LogP contribution in [-0.4, -0.2) is 41.0 Å². The summed E-state index contributed by atoms with van der Waals surface area (Å²) in [7, 11) is 0. The fourth-order valence-corrected chi connectivity index (χ4v) is 5.20. The topological polar surface area (TPSA) is 61.0 Å². The van der Waals surface area contributed by atoms with Crippen molar-refractivity contribution in [3.05, 3.63) is 26.6 Å². The molecule has 2 unspecified atom stereocenters. The fraction of sp³-hybridized carbons (Fsp3) is 0.647. The number of thiophene rings is 1. The van der Waals surface area contributed by atoms with Crippen LogP contribution in [0.25, 0.3) is 10.2 Å². The van der Waals surface area contributed by atoms with E-state index in [0.717, 1.165) is 55.1 Å². The van der Waals surface area contributed by atoms with Crippen molar-refractivity contribution in [1.29, 1.82) is 0 Å². The van der Waals surface area contributed by atoms with Gasteiger partial charge in [-0.2, -0.15) is 0 Å². The predicted octanol–water partition coefficient (Wildman–Crippen LogP) is 2.92. The normalized spacial score (nSPS) is 21.9. The number of nitrogens with zero attached hydrogens (tertiary/aromatic N) is 2. The van der Waals surface area contributed by atoms with Crippen molar-refractivity contribution in [2.75, 3.05) is 26.2 Å². The highest BCUT2D eigenvalue weighted by Gasteiger charge is 2.25. The molecule has 0 spiro atoms. The van der Waals surface area contributed by atoms with E-state index in [4.69, 9.17) is 4.98 Å². The fourth-order valence-electron chi connectivity index (χ4n) is 3.81. The van der Waals surface area contributed by atoms with Crippen LogP contribution in [0.5, 0.6) is 0 Å². The minimum Gasteiger partial charge on any atom is -0.314 e. The molecular weight excluding hydrogens is 379 g/mol. The molecule has 0 bridgehead atoms. The summed E-state index contributed by atoms with van der Waals surface area (Å²) in [5.74, 6) is 1.53. The summed E-state index contributed by atoms with van der Waals surface area (Å²) >= 11 is 1.73. The number of fused-ring (bicyclic) bond motifs is 3. The van der Waals surface area contributed by atoms with Gasteiger partial charge in [0.15, 0.2) is 0 Å². The van der Waals surface area contributed by atoms with Crippen LogP contribution < -0.4 is 10.9 Å². The summed E-state index contributed by atoms with van der Waals surface area (Å²) in [4.78, 5) is 25.3. The van der Waals surface area contributed by atoms with Gasteiger partial charge in [0, 0.05) is 31.1 Å². The minimum absolute atomic E-state index is 0. The van der Waals surface area contributed by atoms with Crippen LogP contribution in [0.4, 0.5) is 0 Å². The Bertz CT molecular complexity index is 785. The average molecular weight is 405 g/mol. The van der Waals surface area contributed by atoms with E-state index >= 15 is 0 Å². The Labute approximate surface area is 164 Å². The molecule has 3 heterocycles. The highest BCUT2D eigenvalue weighted by molar-refractivity contribution is 7.18. The van der Waals surface area contributed by atoms with E-state index in [2.05, 4.69) is 29.0 Å². The van der Waals surface area contributed by atoms with Gasteiger partial charge in [-0.05, 0) is 37.7 Å². The number of aromatic nitrogens is 2. The molecular formula is C17H26Cl2N4OS. The number of piperazine rings is 1. The monoisotopic (exact) mass is 404 g/mol. The molecule has 1 fully saturated rings. The minimum atomic E-state index is 0. The third-order valence-electron chi connectivity index (χ3n) is 5.28. The molecule has 25 heavy (non-hydrogen) atoms. The zero-order valence-electron chi connectivity index (χ0n) is 14.6. The number of aryl methyl sites for hydroxylation is 1. The largest absolute Gasteiger partial charge is 0.314 e. The van der Waals surface area contributed by atoms with Crippen LogP contribution >= 0.6 is 36.2 Å². The maximum absolute atomic E-state index is 12.7. The average Bonchev–Trinajstić information content (AvgIpc) is 2.92. The first-order chi connectivity index (χ1) is 11.1. The van der Waals surface area contributed by atoms with Crippen molar-refractivity contribution in [2.24, 2.45) is 5.92 Å².